The number of esters is 1. The maximum atomic E-state index is 11.0. The van der Waals surface area contributed by atoms with Gasteiger partial charge in [0.15, 0.2) is 0 Å². The van der Waals surface area contributed by atoms with Crippen molar-refractivity contribution in [1.29, 1.82) is 0 Å². The summed E-state index contributed by atoms with van der Waals surface area (Å²) in [6.07, 6.45) is -0.451. The molecule has 0 aliphatic carbocycles. The molecule has 1 aliphatic rings. The molecule has 12 heavy (non-hydrogen) atoms. The van der Waals surface area contributed by atoms with Gasteiger partial charge in [-0.15, -0.1) is 0 Å². The van der Waals surface area contributed by atoms with Gasteiger partial charge in [-0.3, -0.25) is 4.90 Å². The summed E-state index contributed by atoms with van der Waals surface area (Å²) in [7, 11) is 1.29. The first-order valence-electron chi connectivity index (χ1n) is 3.68. The van der Waals surface area contributed by atoms with E-state index in [4.69, 9.17) is 0 Å². The molecule has 5 heteroatoms. The molecule has 1 rings (SSSR count). The minimum absolute atomic E-state index is 0.347. The van der Waals surface area contributed by atoms with Crippen molar-refractivity contribution >= 4 is 12.1 Å². The van der Waals surface area contributed by atoms with Crippen LogP contribution < -0.4 is 0 Å². The van der Waals surface area contributed by atoms with Crippen molar-refractivity contribution in [3.05, 3.63) is 0 Å². The molecule has 68 valence electrons. The van der Waals surface area contributed by atoms with Crippen LogP contribution in [-0.4, -0.2) is 43.3 Å². The average molecular weight is 173 g/mol. The first kappa shape index (κ1) is 8.83. The molecule has 1 atom stereocenters. The van der Waals surface area contributed by atoms with Crippen LogP contribution in [0.2, 0.25) is 0 Å². The molecule has 1 fully saturated rings. The van der Waals surface area contributed by atoms with E-state index in [1.807, 2.05) is 0 Å². The molecule has 1 heterocycles. The fraction of sp³-hybridized carbons (Fsp3) is 0.714. The van der Waals surface area contributed by atoms with Crippen LogP contribution in [0.4, 0.5) is 4.79 Å². The molecule has 0 bridgehead atoms. The molecule has 1 unspecified atom stereocenters. The molecule has 1 aliphatic heterocycles. The number of carbonyl (C=O) groups excluding carboxylic acids is 2. The van der Waals surface area contributed by atoms with Crippen molar-refractivity contribution < 1.29 is 19.1 Å². The molecule has 0 saturated carbocycles. The summed E-state index contributed by atoms with van der Waals surface area (Å²) in [5.41, 5.74) is 0. The van der Waals surface area contributed by atoms with Crippen molar-refractivity contribution in [1.82, 2.24) is 4.90 Å². The number of ether oxygens (including phenoxy) is 2. The van der Waals surface area contributed by atoms with Crippen molar-refractivity contribution in [3.63, 3.8) is 0 Å². The Labute approximate surface area is 70.2 Å². The lowest BCUT2D eigenvalue weighted by molar-refractivity contribution is -0.145. The lowest BCUT2D eigenvalue weighted by atomic mass is 10.3. The number of rotatable bonds is 2. The van der Waals surface area contributed by atoms with E-state index in [1.54, 1.807) is 6.92 Å². The SMILES string of the molecule is COC(=O)C(C)N1CCOC1=O. The largest absolute Gasteiger partial charge is 0.467 e. The minimum Gasteiger partial charge on any atom is -0.467 e. The van der Waals surface area contributed by atoms with Crippen LogP contribution in [0.25, 0.3) is 0 Å². The van der Waals surface area contributed by atoms with Crippen LogP contribution >= 0.6 is 0 Å². The summed E-state index contributed by atoms with van der Waals surface area (Å²) in [6.45, 7) is 2.41. The molecule has 1 saturated heterocycles. The number of methoxy groups -OCH3 is 1. The van der Waals surface area contributed by atoms with E-state index in [0.29, 0.717) is 13.2 Å². The maximum absolute atomic E-state index is 11.0. The molecular weight excluding hydrogens is 162 g/mol. The molecule has 1 amide bonds. The lowest BCUT2D eigenvalue weighted by Gasteiger charge is -2.18. The third-order valence-corrected chi connectivity index (χ3v) is 1.80. The topological polar surface area (TPSA) is 55.8 Å². The minimum atomic E-state index is -0.551. The fourth-order valence-electron chi connectivity index (χ4n) is 1.06. The van der Waals surface area contributed by atoms with E-state index < -0.39 is 18.1 Å². The van der Waals surface area contributed by atoms with Crippen LogP contribution in [0.1, 0.15) is 6.92 Å². The van der Waals surface area contributed by atoms with Gasteiger partial charge in [0.05, 0.1) is 13.7 Å². The van der Waals surface area contributed by atoms with Gasteiger partial charge in [0.1, 0.15) is 12.6 Å². The highest BCUT2D eigenvalue weighted by Crippen LogP contribution is 2.09. The van der Waals surface area contributed by atoms with Gasteiger partial charge in [0.2, 0.25) is 0 Å². The average Bonchev–Trinajstić information content (AvgIpc) is 2.48. The van der Waals surface area contributed by atoms with E-state index in [2.05, 4.69) is 9.47 Å². The van der Waals surface area contributed by atoms with E-state index in [-0.39, 0.29) is 0 Å². The van der Waals surface area contributed by atoms with E-state index in [1.165, 1.54) is 12.0 Å². The third kappa shape index (κ3) is 1.49. The monoisotopic (exact) mass is 173 g/mol. The summed E-state index contributed by atoms with van der Waals surface area (Å²) in [6, 6.07) is -0.551. The van der Waals surface area contributed by atoms with Crippen molar-refractivity contribution in [2.75, 3.05) is 20.3 Å². The van der Waals surface area contributed by atoms with Gasteiger partial charge < -0.3 is 9.47 Å². The zero-order chi connectivity index (χ0) is 9.14. The smallest absolute Gasteiger partial charge is 0.410 e. The van der Waals surface area contributed by atoms with Crippen molar-refractivity contribution in [2.24, 2.45) is 0 Å². The Morgan fingerprint density at radius 3 is 2.83 bits per heavy atom. The first-order valence-corrected chi connectivity index (χ1v) is 3.68. The predicted octanol–water partition coefficient (Wildman–Crippen LogP) is 0.0001000. The molecule has 0 aromatic heterocycles. The van der Waals surface area contributed by atoms with Gasteiger partial charge in [0.25, 0.3) is 0 Å². The van der Waals surface area contributed by atoms with Gasteiger partial charge >= 0.3 is 12.1 Å². The van der Waals surface area contributed by atoms with Gasteiger partial charge in [-0.05, 0) is 6.92 Å². The highest BCUT2D eigenvalue weighted by atomic mass is 16.6. The van der Waals surface area contributed by atoms with E-state index in [9.17, 15) is 9.59 Å². The maximum Gasteiger partial charge on any atom is 0.410 e. The number of hydrogen-bond acceptors (Lipinski definition) is 4. The van der Waals surface area contributed by atoms with Crippen molar-refractivity contribution in [3.8, 4) is 0 Å². The second-order valence-electron chi connectivity index (χ2n) is 2.51. The Balaban J connectivity index is 2.57. The molecule has 5 nitrogen and oxygen atoms in total. The molecule has 0 radical (unpaired) electrons. The van der Waals surface area contributed by atoms with Crippen LogP contribution in [0.3, 0.4) is 0 Å². The van der Waals surface area contributed by atoms with Crippen LogP contribution in [0.15, 0.2) is 0 Å². The van der Waals surface area contributed by atoms with Crippen LogP contribution in [0, 0.1) is 0 Å². The summed E-state index contributed by atoms with van der Waals surface area (Å²) >= 11 is 0. The molecule has 0 spiro atoms. The number of nitrogens with zero attached hydrogens (tertiary/aromatic N) is 1. The molecule has 0 N–H and O–H groups in total. The summed E-state index contributed by atoms with van der Waals surface area (Å²) < 4.78 is 9.14. The zero-order valence-corrected chi connectivity index (χ0v) is 7.07. The summed E-state index contributed by atoms with van der Waals surface area (Å²) in [5.74, 6) is -0.422. The van der Waals surface area contributed by atoms with Gasteiger partial charge in [-0.2, -0.15) is 0 Å². The number of carbonyl (C=O) groups is 2. The quantitative estimate of drug-likeness (QED) is 0.551. The Morgan fingerprint density at radius 2 is 2.42 bits per heavy atom. The fourth-order valence-corrected chi connectivity index (χ4v) is 1.06. The highest BCUT2D eigenvalue weighted by molar-refractivity contribution is 5.81. The number of cyclic esters (lactones) is 1. The molecule has 0 aromatic carbocycles. The first-order chi connectivity index (χ1) is 5.66. The standard InChI is InChI=1S/C7H11NO4/c1-5(6(9)11-2)8-3-4-12-7(8)10/h5H,3-4H2,1-2H3. The Hall–Kier alpha value is -1.26. The normalized spacial score (nSPS) is 18.8. The second-order valence-corrected chi connectivity index (χ2v) is 2.51. The summed E-state index contributed by atoms with van der Waals surface area (Å²) in [4.78, 5) is 23.2. The third-order valence-electron chi connectivity index (χ3n) is 1.80. The van der Waals surface area contributed by atoms with Crippen LogP contribution in [0.5, 0.6) is 0 Å². The Morgan fingerprint density at radius 1 is 1.75 bits per heavy atom. The zero-order valence-electron chi connectivity index (χ0n) is 7.07. The van der Waals surface area contributed by atoms with E-state index in [0.717, 1.165) is 0 Å². The number of amides is 1. The summed E-state index contributed by atoms with van der Waals surface area (Å²) in [5, 5.41) is 0. The second kappa shape index (κ2) is 3.42. The Kier molecular flexibility index (Phi) is 2.52. The molecular formula is C7H11NO4. The highest BCUT2D eigenvalue weighted by Gasteiger charge is 2.31. The van der Waals surface area contributed by atoms with Crippen molar-refractivity contribution in [2.45, 2.75) is 13.0 Å². The van der Waals surface area contributed by atoms with Gasteiger partial charge in [0, 0.05) is 0 Å². The van der Waals surface area contributed by atoms with Gasteiger partial charge in [-0.1, -0.05) is 0 Å². The molecule has 0 aromatic rings. The Bertz CT molecular complexity index is 204. The lowest BCUT2D eigenvalue weighted by Crippen LogP contribution is -2.40. The number of hydrogen-bond donors (Lipinski definition) is 0. The van der Waals surface area contributed by atoms with E-state index >= 15 is 0 Å². The van der Waals surface area contributed by atoms with Gasteiger partial charge in [-0.25, -0.2) is 9.59 Å². The predicted molar refractivity (Wildman–Crippen MR) is 39.5 cm³/mol. The van der Waals surface area contributed by atoms with Crippen LogP contribution in [-0.2, 0) is 14.3 Å².